The summed E-state index contributed by atoms with van der Waals surface area (Å²) in [4.78, 5) is 4.06. The van der Waals surface area contributed by atoms with Gasteiger partial charge >= 0.3 is 0 Å². The molecule has 0 N–H and O–H groups in total. The van der Waals surface area contributed by atoms with Crippen LogP contribution in [0.15, 0.2) is 41.1 Å². The first-order valence-corrected chi connectivity index (χ1v) is 6.24. The molecule has 88 valence electrons. The highest BCUT2D eigenvalue weighted by atomic mass is 79.9. The molecule has 0 atom stereocenters. The normalized spacial score (nSPS) is 10.3. The molecule has 2 aromatic rings. The van der Waals surface area contributed by atoms with Crippen LogP contribution in [0.5, 0.6) is 5.75 Å². The predicted octanol–water partition coefficient (Wildman–Crippen LogP) is 4.04. The Morgan fingerprint density at radius 1 is 1.12 bits per heavy atom. The van der Waals surface area contributed by atoms with E-state index < -0.39 is 0 Å². The van der Waals surface area contributed by atoms with Gasteiger partial charge in [-0.05, 0) is 52.5 Å². The SMILES string of the molecule is Cc1ccc(COc2cncc(Br)c2)cc1C. The zero-order chi connectivity index (χ0) is 12.3. The van der Waals surface area contributed by atoms with E-state index in [1.165, 1.54) is 16.7 Å². The lowest BCUT2D eigenvalue weighted by Gasteiger charge is -2.08. The lowest BCUT2D eigenvalue weighted by atomic mass is 10.1. The lowest BCUT2D eigenvalue weighted by molar-refractivity contribution is 0.304. The summed E-state index contributed by atoms with van der Waals surface area (Å²) in [6.07, 6.45) is 3.45. The van der Waals surface area contributed by atoms with E-state index in [1.807, 2.05) is 6.07 Å². The lowest BCUT2D eigenvalue weighted by Crippen LogP contribution is -1.96. The zero-order valence-electron chi connectivity index (χ0n) is 9.90. The number of rotatable bonds is 3. The number of aromatic nitrogens is 1. The second-order valence-corrected chi connectivity index (χ2v) is 4.96. The van der Waals surface area contributed by atoms with E-state index in [1.54, 1.807) is 12.4 Å². The molecule has 0 fully saturated rings. The summed E-state index contributed by atoms with van der Waals surface area (Å²) in [6.45, 7) is 4.79. The van der Waals surface area contributed by atoms with Gasteiger partial charge in [0.2, 0.25) is 0 Å². The van der Waals surface area contributed by atoms with E-state index >= 15 is 0 Å². The summed E-state index contributed by atoms with van der Waals surface area (Å²) in [5.41, 5.74) is 3.77. The van der Waals surface area contributed by atoms with Crippen LogP contribution >= 0.6 is 15.9 Å². The standard InChI is InChI=1S/C14H14BrNO/c1-10-3-4-12(5-11(10)2)9-17-14-6-13(15)7-16-8-14/h3-8H,9H2,1-2H3. The maximum absolute atomic E-state index is 5.68. The third-order valence-corrected chi connectivity index (χ3v) is 3.09. The predicted molar refractivity (Wildman–Crippen MR) is 72.2 cm³/mol. The second kappa shape index (κ2) is 5.32. The monoisotopic (exact) mass is 291 g/mol. The van der Waals surface area contributed by atoms with Gasteiger partial charge in [0.1, 0.15) is 12.4 Å². The van der Waals surface area contributed by atoms with Gasteiger partial charge < -0.3 is 4.74 Å². The van der Waals surface area contributed by atoms with Crippen molar-refractivity contribution in [3.63, 3.8) is 0 Å². The largest absolute Gasteiger partial charge is 0.487 e. The first-order valence-electron chi connectivity index (χ1n) is 5.44. The van der Waals surface area contributed by atoms with Crippen molar-refractivity contribution in [2.45, 2.75) is 20.5 Å². The van der Waals surface area contributed by atoms with E-state index in [9.17, 15) is 0 Å². The molecule has 0 saturated heterocycles. The molecule has 0 spiro atoms. The fraction of sp³-hybridized carbons (Fsp3) is 0.214. The molecule has 0 aliphatic rings. The highest BCUT2D eigenvalue weighted by molar-refractivity contribution is 9.10. The number of hydrogen-bond donors (Lipinski definition) is 0. The van der Waals surface area contributed by atoms with Crippen LogP contribution < -0.4 is 4.74 Å². The van der Waals surface area contributed by atoms with E-state index in [0.717, 1.165) is 10.2 Å². The maximum atomic E-state index is 5.68. The van der Waals surface area contributed by atoms with E-state index in [-0.39, 0.29) is 0 Å². The van der Waals surface area contributed by atoms with Crippen LogP contribution in [0.4, 0.5) is 0 Å². The molecule has 2 rings (SSSR count). The average Bonchev–Trinajstić information content (AvgIpc) is 2.31. The van der Waals surface area contributed by atoms with Crippen LogP contribution in [0.3, 0.4) is 0 Å². The second-order valence-electron chi connectivity index (χ2n) is 4.05. The number of nitrogens with zero attached hydrogens (tertiary/aromatic N) is 1. The fourth-order valence-corrected chi connectivity index (χ4v) is 1.88. The van der Waals surface area contributed by atoms with Crippen molar-refractivity contribution >= 4 is 15.9 Å². The molecule has 0 radical (unpaired) electrons. The van der Waals surface area contributed by atoms with E-state index in [0.29, 0.717) is 6.61 Å². The van der Waals surface area contributed by atoms with Gasteiger partial charge in [0, 0.05) is 10.7 Å². The van der Waals surface area contributed by atoms with Gasteiger partial charge in [0.05, 0.1) is 6.20 Å². The molecule has 0 aliphatic heterocycles. The molecule has 0 amide bonds. The Balaban J connectivity index is 2.05. The first kappa shape index (κ1) is 12.1. The van der Waals surface area contributed by atoms with Gasteiger partial charge in [0.15, 0.2) is 0 Å². The number of hydrogen-bond acceptors (Lipinski definition) is 2. The molecule has 1 aromatic heterocycles. The minimum Gasteiger partial charge on any atom is -0.487 e. The topological polar surface area (TPSA) is 22.1 Å². The summed E-state index contributed by atoms with van der Waals surface area (Å²) in [5, 5.41) is 0. The Hall–Kier alpha value is -1.35. The molecule has 1 aromatic carbocycles. The molecule has 17 heavy (non-hydrogen) atoms. The van der Waals surface area contributed by atoms with Gasteiger partial charge in [-0.2, -0.15) is 0 Å². The molecule has 1 heterocycles. The Kier molecular flexibility index (Phi) is 3.79. The maximum Gasteiger partial charge on any atom is 0.139 e. The molecule has 0 saturated carbocycles. The average molecular weight is 292 g/mol. The van der Waals surface area contributed by atoms with Crippen molar-refractivity contribution in [2.75, 3.05) is 0 Å². The Labute approximate surface area is 110 Å². The van der Waals surface area contributed by atoms with Crippen molar-refractivity contribution in [3.05, 3.63) is 57.8 Å². The van der Waals surface area contributed by atoms with Gasteiger partial charge in [-0.25, -0.2) is 0 Å². The molecule has 0 bridgehead atoms. The van der Waals surface area contributed by atoms with Crippen molar-refractivity contribution < 1.29 is 4.74 Å². The molecule has 2 nitrogen and oxygen atoms in total. The van der Waals surface area contributed by atoms with Crippen LogP contribution in [-0.4, -0.2) is 4.98 Å². The molecule has 0 unspecified atom stereocenters. The smallest absolute Gasteiger partial charge is 0.139 e. The van der Waals surface area contributed by atoms with Crippen LogP contribution in [0, 0.1) is 13.8 Å². The summed E-state index contributed by atoms with van der Waals surface area (Å²) in [7, 11) is 0. The van der Waals surface area contributed by atoms with Gasteiger partial charge in [-0.15, -0.1) is 0 Å². The zero-order valence-corrected chi connectivity index (χ0v) is 11.5. The number of pyridine rings is 1. The highest BCUT2D eigenvalue weighted by Gasteiger charge is 1.99. The summed E-state index contributed by atoms with van der Waals surface area (Å²) < 4.78 is 6.60. The van der Waals surface area contributed by atoms with Crippen molar-refractivity contribution in [1.82, 2.24) is 4.98 Å². The number of halogens is 1. The molecule has 3 heteroatoms. The number of aryl methyl sites for hydroxylation is 2. The van der Waals surface area contributed by atoms with Gasteiger partial charge in [0.25, 0.3) is 0 Å². The number of ether oxygens (including phenoxy) is 1. The van der Waals surface area contributed by atoms with Crippen molar-refractivity contribution in [3.8, 4) is 5.75 Å². The quantitative estimate of drug-likeness (QED) is 0.851. The van der Waals surface area contributed by atoms with Crippen LogP contribution in [0.25, 0.3) is 0 Å². The highest BCUT2D eigenvalue weighted by Crippen LogP contribution is 2.18. The van der Waals surface area contributed by atoms with Crippen molar-refractivity contribution in [1.29, 1.82) is 0 Å². The van der Waals surface area contributed by atoms with Crippen LogP contribution in [0.1, 0.15) is 16.7 Å². The molecular formula is C14H14BrNO. The summed E-state index contributed by atoms with van der Waals surface area (Å²) in [5.74, 6) is 0.776. The Morgan fingerprint density at radius 3 is 2.65 bits per heavy atom. The molecule has 0 aliphatic carbocycles. The summed E-state index contributed by atoms with van der Waals surface area (Å²) in [6, 6.07) is 8.27. The van der Waals surface area contributed by atoms with E-state index in [4.69, 9.17) is 4.74 Å². The molecular weight excluding hydrogens is 278 g/mol. The van der Waals surface area contributed by atoms with Crippen LogP contribution in [0.2, 0.25) is 0 Å². The third kappa shape index (κ3) is 3.30. The van der Waals surface area contributed by atoms with Crippen LogP contribution in [-0.2, 0) is 6.61 Å². The Bertz CT molecular complexity index is 525. The minimum atomic E-state index is 0.569. The first-order chi connectivity index (χ1) is 8.15. The summed E-state index contributed by atoms with van der Waals surface area (Å²) >= 11 is 3.37. The third-order valence-electron chi connectivity index (χ3n) is 2.66. The Morgan fingerprint density at radius 2 is 1.94 bits per heavy atom. The van der Waals surface area contributed by atoms with E-state index in [2.05, 4.69) is 53.0 Å². The fourth-order valence-electron chi connectivity index (χ4n) is 1.53. The van der Waals surface area contributed by atoms with Crippen molar-refractivity contribution in [2.24, 2.45) is 0 Å². The van der Waals surface area contributed by atoms with Gasteiger partial charge in [-0.3, -0.25) is 4.98 Å². The van der Waals surface area contributed by atoms with Gasteiger partial charge in [-0.1, -0.05) is 18.2 Å². The minimum absolute atomic E-state index is 0.569. The number of benzene rings is 1.